The number of aromatic nitrogens is 2. The SMILES string of the molecule is CC(=NNc1nc2ccccc2s1)c1ccc(-c2cccc(C(=O)O)n2)s1. The second kappa shape index (κ2) is 7.26. The molecule has 8 heteroatoms. The van der Waals surface area contributed by atoms with E-state index >= 15 is 0 Å². The molecule has 0 saturated heterocycles. The molecular formula is C19H14N4O2S2. The summed E-state index contributed by atoms with van der Waals surface area (Å²) in [6.07, 6.45) is 0. The van der Waals surface area contributed by atoms with Crippen LogP contribution in [0.25, 0.3) is 20.8 Å². The summed E-state index contributed by atoms with van der Waals surface area (Å²) in [5.41, 5.74) is 5.45. The van der Waals surface area contributed by atoms with E-state index in [1.807, 2.05) is 43.3 Å². The van der Waals surface area contributed by atoms with Gasteiger partial charge in [-0.3, -0.25) is 5.43 Å². The van der Waals surface area contributed by atoms with Crippen LogP contribution in [-0.4, -0.2) is 26.8 Å². The molecule has 0 saturated carbocycles. The maximum Gasteiger partial charge on any atom is 0.354 e. The van der Waals surface area contributed by atoms with Crippen LogP contribution in [0.2, 0.25) is 0 Å². The number of anilines is 1. The van der Waals surface area contributed by atoms with Crippen LogP contribution in [0.1, 0.15) is 22.3 Å². The minimum atomic E-state index is -1.04. The van der Waals surface area contributed by atoms with E-state index in [1.54, 1.807) is 23.5 Å². The zero-order valence-electron chi connectivity index (χ0n) is 14.2. The van der Waals surface area contributed by atoms with E-state index < -0.39 is 5.97 Å². The highest BCUT2D eigenvalue weighted by atomic mass is 32.1. The molecule has 0 atom stereocenters. The number of hydrogen-bond donors (Lipinski definition) is 2. The summed E-state index contributed by atoms with van der Waals surface area (Å²) in [4.78, 5) is 21.6. The number of thiophene rings is 1. The van der Waals surface area contributed by atoms with E-state index in [0.29, 0.717) is 5.69 Å². The zero-order valence-corrected chi connectivity index (χ0v) is 15.8. The maximum atomic E-state index is 11.1. The van der Waals surface area contributed by atoms with Gasteiger partial charge in [-0.2, -0.15) is 5.10 Å². The molecule has 0 fully saturated rings. The van der Waals surface area contributed by atoms with Gasteiger partial charge in [-0.1, -0.05) is 29.5 Å². The summed E-state index contributed by atoms with van der Waals surface area (Å²) in [5, 5.41) is 14.3. The Kier molecular flexibility index (Phi) is 4.66. The maximum absolute atomic E-state index is 11.1. The first-order chi connectivity index (χ1) is 13.1. The topological polar surface area (TPSA) is 87.5 Å². The predicted octanol–water partition coefficient (Wildman–Crippen LogP) is 4.95. The molecule has 134 valence electrons. The lowest BCUT2D eigenvalue weighted by molar-refractivity contribution is 0.0690. The summed E-state index contributed by atoms with van der Waals surface area (Å²) in [5.74, 6) is -1.04. The second-order valence-electron chi connectivity index (χ2n) is 5.67. The normalized spacial score (nSPS) is 11.7. The minimum absolute atomic E-state index is 0.0327. The Labute approximate surface area is 162 Å². The number of fused-ring (bicyclic) bond motifs is 1. The molecule has 0 radical (unpaired) electrons. The Morgan fingerprint density at radius 1 is 1.04 bits per heavy atom. The molecule has 3 aromatic heterocycles. The van der Waals surface area contributed by atoms with Gasteiger partial charge in [-0.05, 0) is 43.3 Å². The predicted molar refractivity (Wildman–Crippen MR) is 110 cm³/mol. The van der Waals surface area contributed by atoms with Crippen LogP contribution in [0.4, 0.5) is 5.13 Å². The standard InChI is InChI=1S/C19H14N4O2S2/c1-11(22-23-19-21-13-5-2-3-8-16(13)27-19)15-9-10-17(26-15)12-6-4-7-14(20-12)18(24)25/h2-10H,1H3,(H,21,23)(H,24,25). The van der Waals surface area contributed by atoms with E-state index in [0.717, 1.165) is 30.8 Å². The molecule has 0 spiro atoms. The highest BCUT2D eigenvalue weighted by molar-refractivity contribution is 7.22. The van der Waals surface area contributed by atoms with Crippen LogP contribution < -0.4 is 5.43 Å². The van der Waals surface area contributed by atoms with E-state index in [1.165, 1.54) is 17.4 Å². The number of hydrogen-bond acceptors (Lipinski definition) is 7. The summed E-state index contributed by atoms with van der Waals surface area (Å²) in [7, 11) is 0. The number of para-hydroxylation sites is 1. The van der Waals surface area contributed by atoms with Crippen LogP contribution in [0.5, 0.6) is 0 Å². The fourth-order valence-electron chi connectivity index (χ4n) is 2.47. The Balaban J connectivity index is 1.54. The lowest BCUT2D eigenvalue weighted by Gasteiger charge is -1.99. The molecule has 27 heavy (non-hydrogen) atoms. The lowest BCUT2D eigenvalue weighted by Crippen LogP contribution is -2.00. The van der Waals surface area contributed by atoms with Gasteiger partial charge in [-0.25, -0.2) is 14.8 Å². The fraction of sp³-hybridized carbons (Fsp3) is 0.0526. The molecule has 0 aliphatic carbocycles. The molecule has 0 unspecified atom stereocenters. The smallest absolute Gasteiger partial charge is 0.354 e. The van der Waals surface area contributed by atoms with Gasteiger partial charge < -0.3 is 5.11 Å². The van der Waals surface area contributed by atoms with Crippen molar-refractivity contribution in [2.24, 2.45) is 5.10 Å². The molecule has 3 heterocycles. The van der Waals surface area contributed by atoms with Gasteiger partial charge >= 0.3 is 5.97 Å². The Bertz CT molecular complexity index is 1130. The van der Waals surface area contributed by atoms with Crippen molar-refractivity contribution in [1.82, 2.24) is 9.97 Å². The summed E-state index contributed by atoms with van der Waals surface area (Å²) in [6, 6.07) is 16.8. The number of thiazole rings is 1. The van der Waals surface area contributed by atoms with Crippen molar-refractivity contribution in [3.8, 4) is 10.6 Å². The van der Waals surface area contributed by atoms with Crippen molar-refractivity contribution in [2.75, 3.05) is 5.43 Å². The molecule has 0 aliphatic rings. The third kappa shape index (κ3) is 3.71. The average molecular weight is 394 g/mol. The molecule has 4 rings (SSSR count). The first-order valence-corrected chi connectivity index (χ1v) is 9.70. The molecule has 1 aromatic carbocycles. The second-order valence-corrected chi connectivity index (χ2v) is 7.79. The third-order valence-corrected chi connectivity index (χ3v) is 5.95. The van der Waals surface area contributed by atoms with Crippen LogP contribution in [0.3, 0.4) is 0 Å². The summed E-state index contributed by atoms with van der Waals surface area (Å²) < 4.78 is 1.11. The quantitative estimate of drug-likeness (QED) is 0.369. The number of benzene rings is 1. The molecule has 0 aliphatic heterocycles. The lowest BCUT2D eigenvalue weighted by atomic mass is 10.2. The first kappa shape index (κ1) is 17.3. The van der Waals surface area contributed by atoms with Gasteiger partial charge in [0, 0.05) is 0 Å². The van der Waals surface area contributed by atoms with Crippen LogP contribution >= 0.6 is 22.7 Å². The summed E-state index contributed by atoms with van der Waals surface area (Å²) in [6.45, 7) is 1.91. The van der Waals surface area contributed by atoms with Crippen LogP contribution in [0.15, 0.2) is 59.7 Å². The van der Waals surface area contributed by atoms with Crippen molar-refractivity contribution in [1.29, 1.82) is 0 Å². The number of carboxylic acids is 1. The molecule has 0 bridgehead atoms. The molecular weight excluding hydrogens is 380 g/mol. The Morgan fingerprint density at radius 3 is 2.70 bits per heavy atom. The average Bonchev–Trinajstić information content (AvgIpc) is 3.33. The van der Waals surface area contributed by atoms with E-state index in [9.17, 15) is 4.79 Å². The van der Waals surface area contributed by atoms with Crippen molar-refractivity contribution in [2.45, 2.75) is 6.92 Å². The van der Waals surface area contributed by atoms with Gasteiger partial charge in [-0.15, -0.1) is 11.3 Å². The van der Waals surface area contributed by atoms with Crippen LogP contribution in [-0.2, 0) is 0 Å². The van der Waals surface area contributed by atoms with Crippen molar-refractivity contribution < 1.29 is 9.90 Å². The molecule has 4 aromatic rings. The fourth-order valence-corrected chi connectivity index (χ4v) is 4.20. The number of nitrogens with one attached hydrogen (secondary N) is 1. The van der Waals surface area contributed by atoms with E-state index in [2.05, 4.69) is 20.5 Å². The Hall–Kier alpha value is -3.10. The molecule has 0 amide bonds. The molecule has 6 nitrogen and oxygen atoms in total. The van der Waals surface area contributed by atoms with Gasteiger partial charge in [0.2, 0.25) is 5.13 Å². The van der Waals surface area contributed by atoms with Gasteiger partial charge in [0.15, 0.2) is 0 Å². The number of carboxylic acid groups (broad SMARTS) is 1. The first-order valence-electron chi connectivity index (χ1n) is 8.07. The largest absolute Gasteiger partial charge is 0.477 e. The van der Waals surface area contributed by atoms with Crippen molar-refractivity contribution in [3.63, 3.8) is 0 Å². The van der Waals surface area contributed by atoms with Crippen LogP contribution in [0, 0.1) is 0 Å². The summed E-state index contributed by atoms with van der Waals surface area (Å²) >= 11 is 3.06. The number of hydrazone groups is 1. The van der Waals surface area contributed by atoms with Gasteiger partial charge in [0.25, 0.3) is 0 Å². The van der Waals surface area contributed by atoms with Gasteiger partial charge in [0.05, 0.1) is 31.4 Å². The number of pyridine rings is 1. The highest BCUT2D eigenvalue weighted by Crippen LogP contribution is 2.28. The number of carbonyl (C=O) groups is 1. The number of aromatic carboxylic acids is 1. The molecule has 2 N–H and O–H groups in total. The van der Waals surface area contributed by atoms with E-state index in [4.69, 9.17) is 5.11 Å². The number of rotatable bonds is 5. The monoisotopic (exact) mass is 394 g/mol. The Morgan fingerprint density at radius 2 is 1.89 bits per heavy atom. The van der Waals surface area contributed by atoms with Crippen molar-refractivity contribution >= 4 is 49.7 Å². The third-order valence-electron chi connectivity index (χ3n) is 3.80. The van der Waals surface area contributed by atoms with Gasteiger partial charge in [0.1, 0.15) is 5.69 Å². The van der Waals surface area contributed by atoms with E-state index in [-0.39, 0.29) is 5.69 Å². The zero-order chi connectivity index (χ0) is 18.8. The van der Waals surface area contributed by atoms with Crippen molar-refractivity contribution in [3.05, 3.63) is 65.2 Å². The minimum Gasteiger partial charge on any atom is -0.477 e. The number of nitrogens with zero attached hydrogens (tertiary/aromatic N) is 3. The highest BCUT2D eigenvalue weighted by Gasteiger charge is 2.10.